The molecule has 25 heavy (non-hydrogen) atoms. The van der Waals surface area contributed by atoms with E-state index in [1.54, 1.807) is 12.3 Å². The van der Waals surface area contributed by atoms with E-state index < -0.39 is 0 Å². The first kappa shape index (κ1) is 16.3. The van der Waals surface area contributed by atoms with E-state index in [1.807, 2.05) is 18.2 Å². The van der Waals surface area contributed by atoms with Gasteiger partial charge in [-0.1, -0.05) is 25.1 Å². The third kappa shape index (κ3) is 3.19. The molecule has 2 aromatic rings. The predicted molar refractivity (Wildman–Crippen MR) is 100 cm³/mol. The van der Waals surface area contributed by atoms with Gasteiger partial charge in [0.2, 0.25) is 5.78 Å². The second-order valence-electron chi connectivity index (χ2n) is 7.00. The number of hydrogen-bond acceptors (Lipinski definition) is 4. The summed E-state index contributed by atoms with van der Waals surface area (Å²) in [6, 6.07) is 12.3. The Morgan fingerprint density at radius 1 is 1.16 bits per heavy atom. The second kappa shape index (κ2) is 6.96. The van der Waals surface area contributed by atoms with Crippen LogP contribution >= 0.6 is 0 Å². The van der Waals surface area contributed by atoms with E-state index in [-0.39, 0.29) is 5.78 Å². The maximum Gasteiger partial charge on any atom is 0.211 e. The van der Waals surface area contributed by atoms with Crippen molar-refractivity contribution < 1.29 is 4.79 Å². The summed E-state index contributed by atoms with van der Waals surface area (Å²) in [4.78, 5) is 22.0. The van der Waals surface area contributed by atoms with Crippen LogP contribution in [0.15, 0.2) is 42.6 Å². The predicted octanol–water partition coefficient (Wildman–Crippen LogP) is 3.16. The molecule has 2 aliphatic heterocycles. The number of rotatable bonds is 4. The van der Waals surface area contributed by atoms with Gasteiger partial charge in [0.15, 0.2) is 0 Å². The minimum atomic E-state index is 0.0102. The first-order valence-electron chi connectivity index (χ1n) is 9.34. The number of anilines is 1. The molecule has 130 valence electrons. The first-order chi connectivity index (χ1) is 12.3. The van der Waals surface area contributed by atoms with Gasteiger partial charge >= 0.3 is 0 Å². The van der Waals surface area contributed by atoms with Crippen LogP contribution in [-0.2, 0) is 6.42 Å². The van der Waals surface area contributed by atoms with Crippen LogP contribution in [0.1, 0.15) is 41.4 Å². The van der Waals surface area contributed by atoms with E-state index in [0.29, 0.717) is 11.7 Å². The summed E-state index contributed by atoms with van der Waals surface area (Å²) < 4.78 is 0. The molecule has 1 fully saturated rings. The van der Waals surface area contributed by atoms with Crippen LogP contribution in [-0.4, -0.2) is 47.9 Å². The molecule has 1 saturated heterocycles. The Morgan fingerprint density at radius 2 is 2.00 bits per heavy atom. The van der Waals surface area contributed by atoms with E-state index in [2.05, 4.69) is 33.8 Å². The van der Waals surface area contributed by atoms with Crippen LogP contribution in [0.25, 0.3) is 0 Å². The van der Waals surface area contributed by atoms with Gasteiger partial charge in [0.1, 0.15) is 5.69 Å². The molecule has 0 aliphatic carbocycles. The molecular weight excluding hydrogens is 310 g/mol. The third-order valence-electron chi connectivity index (χ3n) is 5.62. The SMILES string of the molecule is CCN1CCC(N2CCc3ccc(C(=O)c4ccccn4)cc32)CC1. The molecule has 1 aromatic carbocycles. The molecule has 1 aromatic heterocycles. The summed E-state index contributed by atoms with van der Waals surface area (Å²) in [7, 11) is 0. The number of hydrogen-bond donors (Lipinski definition) is 0. The highest BCUT2D eigenvalue weighted by Gasteiger charge is 2.29. The highest BCUT2D eigenvalue weighted by Crippen LogP contribution is 2.33. The molecule has 0 saturated carbocycles. The lowest BCUT2D eigenvalue weighted by Crippen LogP contribution is -2.44. The number of carbonyl (C=O) groups excluding carboxylic acids is 1. The molecular formula is C21H25N3O. The van der Waals surface area contributed by atoms with Gasteiger partial charge in [-0.15, -0.1) is 0 Å². The van der Waals surface area contributed by atoms with Crippen LogP contribution in [0.2, 0.25) is 0 Å². The number of aromatic nitrogens is 1. The minimum absolute atomic E-state index is 0.0102. The van der Waals surface area contributed by atoms with Crippen molar-refractivity contribution in [1.29, 1.82) is 0 Å². The molecule has 4 heteroatoms. The smallest absolute Gasteiger partial charge is 0.211 e. The molecule has 4 rings (SSSR count). The number of likely N-dealkylation sites (tertiary alicyclic amines) is 1. The number of piperidine rings is 1. The number of fused-ring (bicyclic) bond motifs is 1. The molecule has 4 nitrogen and oxygen atoms in total. The Hall–Kier alpha value is -2.20. The van der Waals surface area contributed by atoms with Crippen molar-refractivity contribution in [2.24, 2.45) is 0 Å². The molecule has 3 heterocycles. The summed E-state index contributed by atoms with van der Waals surface area (Å²) >= 11 is 0. The number of carbonyl (C=O) groups is 1. The summed E-state index contributed by atoms with van der Waals surface area (Å²) in [5.41, 5.74) is 3.89. The second-order valence-corrected chi connectivity index (χ2v) is 7.00. The van der Waals surface area contributed by atoms with Crippen LogP contribution in [0.3, 0.4) is 0 Å². The summed E-state index contributed by atoms with van der Waals surface area (Å²) in [6.07, 6.45) is 5.19. The summed E-state index contributed by atoms with van der Waals surface area (Å²) in [5, 5.41) is 0. The molecule has 0 N–H and O–H groups in total. The quantitative estimate of drug-likeness (QED) is 0.804. The van der Waals surface area contributed by atoms with Gasteiger partial charge in [-0.2, -0.15) is 0 Å². The van der Waals surface area contributed by atoms with Crippen LogP contribution in [0, 0.1) is 0 Å². The lowest BCUT2D eigenvalue weighted by Gasteiger charge is -2.37. The van der Waals surface area contributed by atoms with E-state index >= 15 is 0 Å². The summed E-state index contributed by atoms with van der Waals surface area (Å²) in [6.45, 7) is 6.82. The topological polar surface area (TPSA) is 36.4 Å². The molecule has 0 amide bonds. The first-order valence-corrected chi connectivity index (χ1v) is 9.34. The number of nitrogens with zero attached hydrogens (tertiary/aromatic N) is 3. The van der Waals surface area contributed by atoms with E-state index in [4.69, 9.17) is 0 Å². The Balaban J connectivity index is 1.57. The van der Waals surface area contributed by atoms with E-state index in [1.165, 1.54) is 37.2 Å². The highest BCUT2D eigenvalue weighted by atomic mass is 16.1. The number of pyridine rings is 1. The van der Waals surface area contributed by atoms with Crippen molar-refractivity contribution in [2.45, 2.75) is 32.2 Å². The zero-order valence-corrected chi connectivity index (χ0v) is 14.8. The lowest BCUT2D eigenvalue weighted by atomic mass is 10.0. The zero-order valence-electron chi connectivity index (χ0n) is 14.8. The highest BCUT2D eigenvalue weighted by molar-refractivity contribution is 6.08. The van der Waals surface area contributed by atoms with Gasteiger partial charge in [0.05, 0.1) is 0 Å². The fourth-order valence-corrected chi connectivity index (χ4v) is 4.12. The standard InChI is InChI=1S/C21H25N3O/c1-2-23-12-9-18(10-13-23)24-14-8-16-6-7-17(15-20(16)24)21(25)19-5-3-4-11-22-19/h3-7,11,15,18H,2,8-10,12-14H2,1H3. The van der Waals surface area contributed by atoms with Crippen LogP contribution < -0.4 is 4.90 Å². The van der Waals surface area contributed by atoms with E-state index in [9.17, 15) is 4.79 Å². The Bertz CT molecular complexity index is 751. The Kier molecular flexibility index (Phi) is 4.53. The van der Waals surface area contributed by atoms with Crippen molar-refractivity contribution in [1.82, 2.24) is 9.88 Å². The van der Waals surface area contributed by atoms with Crippen LogP contribution in [0.5, 0.6) is 0 Å². The zero-order chi connectivity index (χ0) is 17.2. The Morgan fingerprint density at radius 3 is 2.72 bits per heavy atom. The lowest BCUT2D eigenvalue weighted by molar-refractivity contribution is 0.103. The van der Waals surface area contributed by atoms with Gasteiger partial charge in [0.25, 0.3) is 0 Å². The number of benzene rings is 1. The van der Waals surface area contributed by atoms with Gasteiger partial charge in [-0.25, -0.2) is 0 Å². The third-order valence-corrected chi connectivity index (χ3v) is 5.62. The van der Waals surface area contributed by atoms with Crippen molar-refractivity contribution in [2.75, 3.05) is 31.1 Å². The maximum absolute atomic E-state index is 12.7. The normalized spacial score (nSPS) is 18.4. The molecule has 2 aliphatic rings. The van der Waals surface area contributed by atoms with Gasteiger partial charge in [-0.3, -0.25) is 9.78 Å². The monoisotopic (exact) mass is 335 g/mol. The average Bonchev–Trinajstić information content (AvgIpc) is 3.11. The molecule has 0 spiro atoms. The summed E-state index contributed by atoms with van der Waals surface area (Å²) in [5.74, 6) is 0.0102. The average molecular weight is 335 g/mol. The van der Waals surface area contributed by atoms with Gasteiger partial charge in [0, 0.05) is 43.1 Å². The molecule has 0 bridgehead atoms. The van der Waals surface area contributed by atoms with Gasteiger partial charge < -0.3 is 9.80 Å². The largest absolute Gasteiger partial charge is 0.368 e. The number of ketones is 1. The van der Waals surface area contributed by atoms with Crippen LogP contribution in [0.4, 0.5) is 5.69 Å². The van der Waals surface area contributed by atoms with Crippen molar-refractivity contribution in [3.05, 3.63) is 59.4 Å². The molecule has 0 atom stereocenters. The minimum Gasteiger partial charge on any atom is -0.368 e. The molecule has 0 radical (unpaired) electrons. The Labute approximate surface area is 149 Å². The van der Waals surface area contributed by atoms with Crippen molar-refractivity contribution in [3.63, 3.8) is 0 Å². The van der Waals surface area contributed by atoms with Gasteiger partial charge in [-0.05, 0) is 49.6 Å². The van der Waals surface area contributed by atoms with E-state index in [0.717, 1.165) is 25.1 Å². The van der Waals surface area contributed by atoms with Crippen molar-refractivity contribution in [3.8, 4) is 0 Å². The van der Waals surface area contributed by atoms with Crippen molar-refractivity contribution >= 4 is 11.5 Å². The fourth-order valence-electron chi connectivity index (χ4n) is 4.12. The maximum atomic E-state index is 12.7. The fraction of sp³-hybridized carbons (Fsp3) is 0.429. The molecule has 0 unspecified atom stereocenters.